The molecular formula is C13H18N2O3. The van der Waals surface area contributed by atoms with Gasteiger partial charge in [0.15, 0.2) is 0 Å². The average Bonchev–Trinajstić information content (AvgIpc) is 2.36. The summed E-state index contributed by atoms with van der Waals surface area (Å²) in [5.41, 5.74) is 0.628. The number of nitrogens with one attached hydrogen (secondary N) is 2. The summed E-state index contributed by atoms with van der Waals surface area (Å²) in [5, 5.41) is 14.1. The van der Waals surface area contributed by atoms with Crippen LogP contribution in [0.3, 0.4) is 0 Å². The summed E-state index contributed by atoms with van der Waals surface area (Å²) in [5.74, 6) is -1.14. The van der Waals surface area contributed by atoms with Gasteiger partial charge in [0.2, 0.25) is 0 Å². The lowest BCUT2D eigenvalue weighted by molar-refractivity contribution is -0.140. The Morgan fingerprint density at radius 2 is 1.89 bits per heavy atom. The summed E-state index contributed by atoms with van der Waals surface area (Å²) < 4.78 is 0. The molecule has 1 aromatic rings. The molecule has 98 valence electrons. The van der Waals surface area contributed by atoms with Crippen LogP contribution >= 0.6 is 0 Å². The van der Waals surface area contributed by atoms with Crippen molar-refractivity contribution in [2.24, 2.45) is 5.92 Å². The normalized spacial score (nSPS) is 13.4. The second-order valence-electron chi connectivity index (χ2n) is 4.17. The summed E-state index contributed by atoms with van der Waals surface area (Å²) >= 11 is 0. The zero-order valence-electron chi connectivity index (χ0n) is 10.5. The van der Waals surface area contributed by atoms with E-state index in [1.807, 2.05) is 13.0 Å². The van der Waals surface area contributed by atoms with Crippen LogP contribution in [0.2, 0.25) is 0 Å². The van der Waals surface area contributed by atoms with E-state index in [9.17, 15) is 9.59 Å². The van der Waals surface area contributed by atoms with Crippen LogP contribution < -0.4 is 10.6 Å². The van der Waals surface area contributed by atoms with Gasteiger partial charge in [-0.2, -0.15) is 0 Å². The molecule has 2 atom stereocenters. The van der Waals surface area contributed by atoms with Gasteiger partial charge in [-0.25, -0.2) is 9.59 Å². The third-order valence-corrected chi connectivity index (χ3v) is 2.80. The van der Waals surface area contributed by atoms with Gasteiger partial charge in [0, 0.05) is 5.69 Å². The van der Waals surface area contributed by atoms with Crippen LogP contribution in [0, 0.1) is 5.92 Å². The Bertz CT molecular complexity index is 406. The predicted octanol–water partition coefficient (Wildman–Crippen LogP) is 2.31. The lowest BCUT2D eigenvalue weighted by atomic mass is 9.99. The van der Waals surface area contributed by atoms with Gasteiger partial charge in [-0.3, -0.25) is 0 Å². The first-order valence-electron chi connectivity index (χ1n) is 5.90. The van der Waals surface area contributed by atoms with Crippen molar-refractivity contribution in [1.82, 2.24) is 5.32 Å². The average molecular weight is 250 g/mol. The number of urea groups is 1. The van der Waals surface area contributed by atoms with Gasteiger partial charge in [0.25, 0.3) is 0 Å². The van der Waals surface area contributed by atoms with E-state index < -0.39 is 18.0 Å². The van der Waals surface area contributed by atoms with E-state index in [1.54, 1.807) is 31.2 Å². The molecule has 0 saturated heterocycles. The van der Waals surface area contributed by atoms with Crippen LogP contribution in [0.4, 0.5) is 10.5 Å². The van der Waals surface area contributed by atoms with Gasteiger partial charge in [-0.05, 0) is 18.1 Å². The molecule has 1 rings (SSSR count). The Morgan fingerprint density at radius 3 is 2.39 bits per heavy atom. The van der Waals surface area contributed by atoms with Gasteiger partial charge in [0.05, 0.1) is 0 Å². The number of benzene rings is 1. The van der Waals surface area contributed by atoms with E-state index in [0.29, 0.717) is 12.1 Å². The molecule has 0 radical (unpaired) electrons. The third kappa shape index (κ3) is 4.08. The van der Waals surface area contributed by atoms with Crippen LogP contribution in [-0.4, -0.2) is 23.1 Å². The molecule has 1 aromatic carbocycles. The van der Waals surface area contributed by atoms with Gasteiger partial charge in [0.1, 0.15) is 6.04 Å². The minimum atomic E-state index is -1.02. The second-order valence-corrected chi connectivity index (χ2v) is 4.17. The van der Waals surface area contributed by atoms with E-state index in [4.69, 9.17) is 5.11 Å². The molecule has 0 aliphatic carbocycles. The number of carbonyl (C=O) groups excluding carboxylic acids is 1. The second kappa shape index (κ2) is 6.64. The lowest BCUT2D eigenvalue weighted by Gasteiger charge is -2.20. The van der Waals surface area contributed by atoms with Crippen LogP contribution in [0.5, 0.6) is 0 Å². The van der Waals surface area contributed by atoms with Gasteiger partial charge in [-0.15, -0.1) is 0 Å². The molecule has 2 unspecified atom stereocenters. The number of rotatable bonds is 5. The fourth-order valence-electron chi connectivity index (χ4n) is 1.51. The van der Waals surface area contributed by atoms with Crippen LogP contribution in [0.15, 0.2) is 30.3 Å². The van der Waals surface area contributed by atoms with E-state index in [-0.39, 0.29) is 5.92 Å². The number of carbonyl (C=O) groups is 2. The maximum atomic E-state index is 11.7. The molecule has 5 heteroatoms. The van der Waals surface area contributed by atoms with E-state index in [0.717, 1.165) is 0 Å². The topological polar surface area (TPSA) is 78.4 Å². The number of hydrogen-bond donors (Lipinski definition) is 3. The molecule has 0 aliphatic heterocycles. The highest BCUT2D eigenvalue weighted by atomic mass is 16.4. The predicted molar refractivity (Wildman–Crippen MR) is 69.5 cm³/mol. The lowest BCUT2D eigenvalue weighted by Crippen LogP contribution is -2.46. The number of anilines is 1. The number of hydrogen-bond acceptors (Lipinski definition) is 2. The SMILES string of the molecule is CCC(C)C(NC(=O)Nc1ccccc1)C(=O)O. The summed E-state index contributed by atoms with van der Waals surface area (Å²) in [4.78, 5) is 22.7. The molecule has 0 spiro atoms. The zero-order valence-corrected chi connectivity index (χ0v) is 10.5. The van der Waals surface area contributed by atoms with Crippen molar-refractivity contribution in [2.45, 2.75) is 26.3 Å². The molecule has 0 heterocycles. The summed E-state index contributed by atoms with van der Waals surface area (Å²) in [6.45, 7) is 3.68. The van der Waals surface area contributed by atoms with E-state index in [2.05, 4.69) is 10.6 Å². The molecule has 3 N–H and O–H groups in total. The van der Waals surface area contributed by atoms with Crippen LogP contribution in [-0.2, 0) is 4.79 Å². The Kier molecular flexibility index (Phi) is 5.17. The largest absolute Gasteiger partial charge is 0.480 e. The Labute approximate surface area is 106 Å². The first-order valence-corrected chi connectivity index (χ1v) is 5.90. The number of aliphatic carboxylic acids is 1. The van der Waals surface area contributed by atoms with Crippen molar-refractivity contribution >= 4 is 17.7 Å². The van der Waals surface area contributed by atoms with Crippen molar-refractivity contribution in [1.29, 1.82) is 0 Å². The van der Waals surface area contributed by atoms with E-state index in [1.165, 1.54) is 0 Å². The molecular weight excluding hydrogens is 232 g/mol. The molecule has 5 nitrogen and oxygen atoms in total. The summed E-state index contributed by atoms with van der Waals surface area (Å²) in [6, 6.07) is 7.50. The van der Waals surface area contributed by atoms with E-state index >= 15 is 0 Å². The first kappa shape index (κ1) is 14.0. The van der Waals surface area contributed by atoms with Gasteiger partial charge < -0.3 is 15.7 Å². The minimum absolute atomic E-state index is 0.121. The Balaban J connectivity index is 2.60. The smallest absolute Gasteiger partial charge is 0.326 e. The minimum Gasteiger partial charge on any atom is -0.480 e. The van der Waals surface area contributed by atoms with Crippen molar-refractivity contribution in [3.63, 3.8) is 0 Å². The number of carboxylic acid groups (broad SMARTS) is 1. The number of carboxylic acids is 1. The molecule has 18 heavy (non-hydrogen) atoms. The maximum Gasteiger partial charge on any atom is 0.326 e. The monoisotopic (exact) mass is 250 g/mol. The fraction of sp³-hybridized carbons (Fsp3) is 0.385. The highest BCUT2D eigenvalue weighted by Crippen LogP contribution is 2.09. The zero-order chi connectivity index (χ0) is 13.5. The van der Waals surface area contributed by atoms with Crippen molar-refractivity contribution in [2.75, 3.05) is 5.32 Å². The van der Waals surface area contributed by atoms with Crippen LogP contribution in [0.1, 0.15) is 20.3 Å². The molecule has 0 fully saturated rings. The first-order chi connectivity index (χ1) is 8.54. The Hall–Kier alpha value is -2.04. The molecule has 0 bridgehead atoms. The number of amides is 2. The molecule has 0 aliphatic rings. The van der Waals surface area contributed by atoms with Gasteiger partial charge >= 0.3 is 12.0 Å². The fourth-order valence-corrected chi connectivity index (χ4v) is 1.51. The quantitative estimate of drug-likeness (QED) is 0.750. The van der Waals surface area contributed by atoms with Crippen molar-refractivity contribution in [3.05, 3.63) is 30.3 Å². The maximum absolute atomic E-state index is 11.7. The summed E-state index contributed by atoms with van der Waals surface area (Å²) in [7, 11) is 0. The molecule has 0 saturated carbocycles. The highest BCUT2D eigenvalue weighted by molar-refractivity contribution is 5.92. The Morgan fingerprint density at radius 1 is 1.28 bits per heavy atom. The standard InChI is InChI=1S/C13H18N2O3/c1-3-9(2)11(12(16)17)15-13(18)14-10-7-5-4-6-8-10/h4-9,11H,3H2,1-2H3,(H,16,17)(H2,14,15,18). The summed E-state index contributed by atoms with van der Waals surface area (Å²) in [6.07, 6.45) is 0.683. The number of para-hydroxylation sites is 1. The highest BCUT2D eigenvalue weighted by Gasteiger charge is 2.25. The molecule has 2 amide bonds. The van der Waals surface area contributed by atoms with Gasteiger partial charge in [-0.1, -0.05) is 38.5 Å². The van der Waals surface area contributed by atoms with Crippen molar-refractivity contribution < 1.29 is 14.7 Å². The third-order valence-electron chi connectivity index (χ3n) is 2.80. The van der Waals surface area contributed by atoms with Crippen molar-refractivity contribution in [3.8, 4) is 0 Å². The molecule has 0 aromatic heterocycles. The van der Waals surface area contributed by atoms with Crippen LogP contribution in [0.25, 0.3) is 0 Å².